The highest BCUT2D eigenvalue weighted by atomic mass is 35.5. The molecule has 0 saturated carbocycles. The predicted molar refractivity (Wildman–Crippen MR) is 109 cm³/mol. The van der Waals surface area contributed by atoms with Crippen LogP contribution in [-0.2, 0) is 14.6 Å². The molecule has 1 aromatic carbocycles. The Morgan fingerprint density at radius 1 is 1.27 bits per heavy atom. The van der Waals surface area contributed by atoms with E-state index in [1.807, 2.05) is 18.7 Å². The maximum atomic E-state index is 12.5. The summed E-state index contributed by atoms with van der Waals surface area (Å²) in [7, 11) is -3.10. The summed E-state index contributed by atoms with van der Waals surface area (Å²) >= 11 is 13.5. The van der Waals surface area contributed by atoms with Crippen molar-refractivity contribution in [2.24, 2.45) is 10.9 Å². The second-order valence-corrected chi connectivity index (χ2v) is 10.7. The lowest BCUT2D eigenvalue weighted by atomic mass is 10.0. The number of carbonyl (C=O) groups is 1. The maximum Gasteiger partial charge on any atom is 0.251 e. The molecule has 26 heavy (non-hydrogen) atoms. The van der Waals surface area contributed by atoms with Gasteiger partial charge in [-0.15, -0.1) is 0 Å². The van der Waals surface area contributed by atoms with Gasteiger partial charge >= 0.3 is 0 Å². The highest BCUT2D eigenvalue weighted by Crippen LogP contribution is 2.42. The molecule has 0 N–H and O–H groups in total. The molecule has 2 aliphatic heterocycles. The molecule has 5 nitrogen and oxygen atoms in total. The Kier molecular flexibility index (Phi) is 5.92. The Hall–Kier alpha value is -0.760. The van der Waals surface area contributed by atoms with Crippen molar-refractivity contribution in [2.45, 2.75) is 38.0 Å². The van der Waals surface area contributed by atoms with Crippen LogP contribution in [0, 0.1) is 5.92 Å². The number of benzene rings is 1. The zero-order valence-corrected chi connectivity index (χ0v) is 17.6. The number of fused-ring (bicyclic) bond motifs is 1. The largest absolute Gasteiger partial charge is 0.316 e. The Labute approximate surface area is 168 Å². The third kappa shape index (κ3) is 3.91. The molecular weight excluding hydrogens is 415 g/mol. The molecule has 9 heteroatoms. The van der Waals surface area contributed by atoms with Gasteiger partial charge in [0.1, 0.15) is 0 Å². The third-order valence-electron chi connectivity index (χ3n) is 4.79. The molecule has 0 aromatic heterocycles. The Morgan fingerprint density at radius 3 is 2.58 bits per heavy atom. The van der Waals surface area contributed by atoms with Gasteiger partial charge in [0.2, 0.25) is 0 Å². The van der Waals surface area contributed by atoms with E-state index in [1.165, 1.54) is 11.8 Å². The van der Waals surface area contributed by atoms with Crippen LogP contribution in [0.1, 0.15) is 26.7 Å². The molecule has 2 aliphatic rings. The average molecular weight is 435 g/mol. The van der Waals surface area contributed by atoms with Crippen molar-refractivity contribution >= 4 is 61.6 Å². The predicted octanol–water partition coefficient (Wildman–Crippen LogP) is 4.03. The first kappa shape index (κ1) is 20.0. The quantitative estimate of drug-likeness (QED) is 0.715. The van der Waals surface area contributed by atoms with Crippen molar-refractivity contribution in [1.82, 2.24) is 0 Å². The summed E-state index contributed by atoms with van der Waals surface area (Å²) in [5.41, 5.74) is 0.701. The highest BCUT2D eigenvalue weighted by Gasteiger charge is 2.49. The van der Waals surface area contributed by atoms with Gasteiger partial charge in [0.05, 0.1) is 27.6 Å². The number of carbonyl (C=O) groups excluding carboxylic acids is 1. The normalized spacial score (nSPS) is 25.9. The van der Waals surface area contributed by atoms with Crippen LogP contribution in [0.3, 0.4) is 0 Å². The minimum atomic E-state index is -3.10. The van der Waals surface area contributed by atoms with Crippen molar-refractivity contribution in [2.75, 3.05) is 16.4 Å². The van der Waals surface area contributed by atoms with E-state index in [0.717, 1.165) is 12.8 Å². The first-order valence-electron chi connectivity index (χ1n) is 8.49. The van der Waals surface area contributed by atoms with E-state index < -0.39 is 9.84 Å². The van der Waals surface area contributed by atoms with Gasteiger partial charge in [0.15, 0.2) is 15.0 Å². The minimum Gasteiger partial charge on any atom is -0.316 e. The summed E-state index contributed by atoms with van der Waals surface area (Å²) in [5.74, 6) is -0.144. The number of anilines is 1. The Bertz CT molecular complexity index is 854. The second kappa shape index (κ2) is 7.70. The van der Waals surface area contributed by atoms with Crippen molar-refractivity contribution in [3.63, 3.8) is 0 Å². The van der Waals surface area contributed by atoms with E-state index >= 15 is 0 Å². The van der Waals surface area contributed by atoms with Crippen LogP contribution in [0.15, 0.2) is 23.2 Å². The van der Waals surface area contributed by atoms with Crippen LogP contribution in [0.25, 0.3) is 0 Å². The van der Waals surface area contributed by atoms with Gasteiger partial charge in [-0.2, -0.15) is 4.99 Å². The lowest BCUT2D eigenvalue weighted by molar-refractivity contribution is -0.121. The molecular formula is C17H20Cl2N2O3S2. The number of aliphatic imine (C=N–C) groups is 1. The van der Waals surface area contributed by atoms with E-state index in [-0.39, 0.29) is 34.6 Å². The first-order valence-corrected chi connectivity index (χ1v) is 11.9. The minimum absolute atomic E-state index is 0.0447. The van der Waals surface area contributed by atoms with E-state index in [2.05, 4.69) is 4.99 Å². The maximum absolute atomic E-state index is 12.5. The lowest BCUT2D eigenvalue weighted by Crippen LogP contribution is -2.37. The number of amides is 1. The van der Waals surface area contributed by atoms with Gasteiger partial charge < -0.3 is 4.90 Å². The number of halogens is 2. The molecule has 3 rings (SSSR count). The van der Waals surface area contributed by atoms with Crippen LogP contribution in [0.4, 0.5) is 5.69 Å². The monoisotopic (exact) mass is 434 g/mol. The van der Waals surface area contributed by atoms with E-state index in [0.29, 0.717) is 20.9 Å². The zero-order chi connectivity index (χ0) is 19.1. The molecule has 2 fully saturated rings. The number of rotatable bonds is 4. The van der Waals surface area contributed by atoms with Crippen molar-refractivity contribution < 1.29 is 13.2 Å². The van der Waals surface area contributed by atoms with Gasteiger partial charge in [-0.25, -0.2) is 8.42 Å². The number of hydrogen-bond acceptors (Lipinski definition) is 4. The van der Waals surface area contributed by atoms with E-state index in [4.69, 9.17) is 23.2 Å². The summed E-state index contributed by atoms with van der Waals surface area (Å²) in [5, 5.41) is 1.21. The van der Waals surface area contributed by atoms with Crippen LogP contribution < -0.4 is 4.90 Å². The standard InChI is InChI=1S/C17H20Cl2N2O3S2/c1-3-10(4-2)16(22)20-17-21(11-5-6-12(18)13(19)7-11)14-8-26(23,24)9-15(14)25-17/h5-7,10,14-15H,3-4,8-9H2,1-2H3/t14-,15+/m0/s1. The fourth-order valence-electron chi connectivity index (χ4n) is 3.32. The van der Waals surface area contributed by atoms with Gasteiger partial charge in [-0.05, 0) is 31.0 Å². The molecule has 2 saturated heterocycles. The summed E-state index contributed by atoms with van der Waals surface area (Å²) in [6.07, 6.45) is 1.45. The highest BCUT2D eigenvalue weighted by molar-refractivity contribution is 8.16. The van der Waals surface area contributed by atoms with Crippen molar-refractivity contribution in [3.8, 4) is 0 Å². The average Bonchev–Trinajstić information content (AvgIpc) is 3.02. The molecule has 2 atom stereocenters. The molecule has 142 valence electrons. The summed E-state index contributed by atoms with van der Waals surface area (Å²) in [6.45, 7) is 3.93. The number of amidine groups is 1. The van der Waals surface area contributed by atoms with Crippen LogP contribution in [0.2, 0.25) is 10.0 Å². The lowest BCUT2D eigenvalue weighted by Gasteiger charge is -2.25. The summed E-state index contributed by atoms with van der Waals surface area (Å²) < 4.78 is 24.2. The zero-order valence-electron chi connectivity index (χ0n) is 14.5. The molecule has 2 heterocycles. The van der Waals surface area contributed by atoms with Crippen LogP contribution >= 0.6 is 35.0 Å². The Balaban J connectivity index is 2.01. The van der Waals surface area contributed by atoms with Crippen molar-refractivity contribution in [3.05, 3.63) is 28.2 Å². The van der Waals surface area contributed by atoms with Gasteiger partial charge in [0.25, 0.3) is 5.91 Å². The SMILES string of the molecule is CCC(CC)C(=O)N=C1S[C@@H]2CS(=O)(=O)C[C@@H]2N1c1ccc(Cl)c(Cl)c1. The fraction of sp³-hybridized carbons (Fsp3) is 0.529. The molecule has 0 spiro atoms. The van der Waals surface area contributed by atoms with E-state index in [9.17, 15) is 13.2 Å². The van der Waals surface area contributed by atoms with Gasteiger partial charge in [-0.1, -0.05) is 48.8 Å². The summed E-state index contributed by atoms with van der Waals surface area (Å²) in [6, 6.07) is 4.88. The smallest absolute Gasteiger partial charge is 0.251 e. The molecule has 1 aromatic rings. The number of sulfone groups is 1. The van der Waals surface area contributed by atoms with Gasteiger partial charge in [0, 0.05) is 16.9 Å². The second-order valence-electron chi connectivity index (χ2n) is 6.52. The van der Waals surface area contributed by atoms with Gasteiger partial charge in [-0.3, -0.25) is 4.79 Å². The van der Waals surface area contributed by atoms with Crippen LogP contribution in [0.5, 0.6) is 0 Å². The molecule has 0 radical (unpaired) electrons. The molecule has 0 aliphatic carbocycles. The molecule has 1 amide bonds. The third-order valence-corrected chi connectivity index (χ3v) is 8.74. The molecule has 0 unspecified atom stereocenters. The Morgan fingerprint density at radius 2 is 1.96 bits per heavy atom. The number of thioether (sulfide) groups is 1. The topological polar surface area (TPSA) is 66.8 Å². The summed E-state index contributed by atoms with van der Waals surface area (Å²) in [4.78, 5) is 18.7. The van der Waals surface area contributed by atoms with E-state index in [1.54, 1.807) is 18.2 Å². The van der Waals surface area contributed by atoms with Crippen molar-refractivity contribution in [1.29, 1.82) is 0 Å². The molecule has 0 bridgehead atoms. The number of nitrogens with zero attached hydrogens (tertiary/aromatic N) is 2. The fourth-order valence-corrected chi connectivity index (χ4v) is 7.54. The van der Waals surface area contributed by atoms with Crippen LogP contribution in [-0.4, -0.2) is 42.3 Å². The first-order chi connectivity index (χ1) is 12.3. The number of hydrogen-bond donors (Lipinski definition) is 0.